The van der Waals surface area contributed by atoms with Gasteiger partial charge in [0, 0.05) is 11.4 Å². The molecule has 0 atom stereocenters. The third-order valence-corrected chi connectivity index (χ3v) is 7.85. The van der Waals surface area contributed by atoms with Crippen molar-refractivity contribution in [1.82, 2.24) is 0 Å². The molecule has 162 valence electrons. The number of hydrogen-bond acceptors (Lipinski definition) is 7. The van der Waals surface area contributed by atoms with Crippen LogP contribution in [0.1, 0.15) is 20.0 Å². The first-order valence-electron chi connectivity index (χ1n) is 9.24. The van der Waals surface area contributed by atoms with E-state index in [1.54, 1.807) is 47.8 Å². The summed E-state index contributed by atoms with van der Waals surface area (Å²) in [5, 5.41) is 6.27. The Bertz CT molecular complexity index is 1310. The van der Waals surface area contributed by atoms with E-state index in [-0.39, 0.29) is 15.7 Å². The van der Waals surface area contributed by atoms with E-state index in [0.717, 1.165) is 11.3 Å². The Morgan fingerprint density at radius 2 is 1.44 bits per heavy atom. The second kappa shape index (κ2) is 9.35. The lowest BCUT2D eigenvalue weighted by molar-refractivity contribution is 0.0734. The topological polar surface area (TPSA) is 102 Å². The molecule has 2 heterocycles. The summed E-state index contributed by atoms with van der Waals surface area (Å²) in [5.41, 5.74) is 1.17. The van der Waals surface area contributed by atoms with Crippen LogP contribution in [-0.4, -0.2) is 20.3 Å². The van der Waals surface area contributed by atoms with Gasteiger partial charge in [-0.05, 0) is 71.4 Å². The minimum absolute atomic E-state index is 0.205. The quantitative estimate of drug-likeness (QED) is 0.281. The summed E-state index contributed by atoms with van der Waals surface area (Å²) in [7, 11) is -3.66. The van der Waals surface area contributed by atoms with Crippen molar-refractivity contribution in [2.24, 2.45) is 0 Å². The van der Waals surface area contributed by atoms with Crippen LogP contribution in [0.5, 0.6) is 5.75 Å². The molecule has 0 saturated carbocycles. The second-order valence-electron chi connectivity index (χ2n) is 6.46. The highest BCUT2D eigenvalue weighted by Crippen LogP contribution is 2.22. The largest absolute Gasteiger partial charge is 0.423 e. The predicted octanol–water partition coefficient (Wildman–Crippen LogP) is 5.08. The van der Waals surface area contributed by atoms with Crippen LogP contribution in [0.3, 0.4) is 0 Å². The lowest BCUT2D eigenvalue weighted by Gasteiger charge is -2.08. The molecular weight excluding hydrogens is 468 g/mol. The highest BCUT2D eigenvalue weighted by molar-refractivity contribution is 7.94. The molecule has 0 aliphatic carbocycles. The van der Waals surface area contributed by atoms with E-state index in [1.807, 2.05) is 5.38 Å². The molecule has 0 aliphatic rings. The molecule has 32 heavy (non-hydrogen) atoms. The molecule has 1 amide bonds. The second-order valence-corrected chi connectivity index (χ2v) is 10.3. The fraction of sp³-hybridized carbons (Fsp3) is 0. The highest BCUT2D eigenvalue weighted by Gasteiger charge is 2.16. The van der Waals surface area contributed by atoms with Gasteiger partial charge in [0.25, 0.3) is 15.9 Å². The van der Waals surface area contributed by atoms with Gasteiger partial charge in [-0.25, -0.2) is 13.2 Å². The van der Waals surface area contributed by atoms with Crippen LogP contribution in [0, 0.1) is 0 Å². The molecule has 2 aromatic carbocycles. The Labute approximate surface area is 192 Å². The van der Waals surface area contributed by atoms with E-state index in [1.165, 1.54) is 41.7 Å². The molecule has 2 N–H and O–H groups in total. The van der Waals surface area contributed by atoms with Crippen LogP contribution in [0.15, 0.2) is 87.8 Å². The van der Waals surface area contributed by atoms with Crippen LogP contribution in [0.4, 0.5) is 11.4 Å². The molecule has 0 aliphatic heterocycles. The monoisotopic (exact) mass is 484 g/mol. The van der Waals surface area contributed by atoms with E-state index in [4.69, 9.17) is 4.74 Å². The van der Waals surface area contributed by atoms with Crippen LogP contribution in [-0.2, 0) is 10.0 Å². The third-order valence-electron chi connectivity index (χ3n) is 4.20. The average molecular weight is 485 g/mol. The number of benzene rings is 2. The summed E-state index contributed by atoms with van der Waals surface area (Å²) in [6.45, 7) is 0. The number of carbonyl (C=O) groups excluding carboxylic acids is 2. The van der Waals surface area contributed by atoms with Gasteiger partial charge in [0.2, 0.25) is 0 Å². The fourth-order valence-corrected chi connectivity index (χ4v) is 5.34. The SMILES string of the molecule is O=C(Oc1ccc(NC(=O)c2cccs2)cc1)c1ccc(NS(=O)(=O)c2cccs2)cc1. The number of nitrogens with one attached hydrogen (secondary N) is 2. The maximum atomic E-state index is 12.4. The Kier molecular flexibility index (Phi) is 6.35. The van der Waals surface area contributed by atoms with Crippen molar-refractivity contribution in [2.45, 2.75) is 4.21 Å². The number of hydrogen-bond donors (Lipinski definition) is 2. The van der Waals surface area contributed by atoms with E-state index in [2.05, 4.69) is 10.0 Å². The molecule has 0 spiro atoms. The lowest BCUT2D eigenvalue weighted by atomic mass is 10.2. The average Bonchev–Trinajstić information content (AvgIpc) is 3.50. The third kappa shape index (κ3) is 5.22. The number of carbonyl (C=O) groups is 2. The number of sulfonamides is 1. The van der Waals surface area contributed by atoms with Crippen molar-refractivity contribution in [1.29, 1.82) is 0 Å². The van der Waals surface area contributed by atoms with Crippen LogP contribution < -0.4 is 14.8 Å². The summed E-state index contributed by atoms with van der Waals surface area (Å²) < 4.78 is 32.5. The highest BCUT2D eigenvalue weighted by atomic mass is 32.2. The summed E-state index contributed by atoms with van der Waals surface area (Å²) >= 11 is 2.46. The van der Waals surface area contributed by atoms with Gasteiger partial charge in [-0.1, -0.05) is 12.1 Å². The maximum absolute atomic E-state index is 12.4. The molecule has 7 nitrogen and oxygen atoms in total. The van der Waals surface area contributed by atoms with Gasteiger partial charge in [0.15, 0.2) is 0 Å². The van der Waals surface area contributed by atoms with E-state index < -0.39 is 16.0 Å². The first-order chi connectivity index (χ1) is 15.4. The Morgan fingerprint density at radius 3 is 2.06 bits per heavy atom. The fourth-order valence-electron chi connectivity index (χ4n) is 2.67. The zero-order chi connectivity index (χ0) is 22.6. The molecule has 0 bridgehead atoms. The number of amides is 1. The molecule has 4 rings (SSSR count). The molecule has 0 saturated heterocycles. The molecule has 4 aromatic rings. The van der Waals surface area contributed by atoms with E-state index >= 15 is 0 Å². The normalized spacial score (nSPS) is 11.0. The number of ether oxygens (including phenoxy) is 1. The molecule has 0 fully saturated rings. The zero-order valence-electron chi connectivity index (χ0n) is 16.3. The van der Waals surface area contributed by atoms with Crippen molar-refractivity contribution in [3.8, 4) is 5.75 Å². The van der Waals surface area contributed by atoms with Gasteiger partial charge in [0.1, 0.15) is 9.96 Å². The van der Waals surface area contributed by atoms with Gasteiger partial charge in [-0.2, -0.15) is 0 Å². The summed E-state index contributed by atoms with van der Waals surface area (Å²) in [4.78, 5) is 25.1. The zero-order valence-corrected chi connectivity index (χ0v) is 18.8. The Hall–Kier alpha value is -3.47. The molecular formula is C22H16N2O5S3. The van der Waals surface area contributed by atoms with E-state index in [9.17, 15) is 18.0 Å². The predicted molar refractivity (Wildman–Crippen MR) is 125 cm³/mol. The smallest absolute Gasteiger partial charge is 0.343 e. The molecule has 10 heteroatoms. The Morgan fingerprint density at radius 1 is 0.781 bits per heavy atom. The first-order valence-corrected chi connectivity index (χ1v) is 12.5. The van der Waals surface area contributed by atoms with Crippen molar-refractivity contribution in [2.75, 3.05) is 10.0 Å². The van der Waals surface area contributed by atoms with Gasteiger partial charge >= 0.3 is 5.97 Å². The molecule has 0 radical (unpaired) electrons. The van der Waals surface area contributed by atoms with Crippen molar-refractivity contribution in [3.63, 3.8) is 0 Å². The summed E-state index contributed by atoms with van der Waals surface area (Å²) in [6.07, 6.45) is 0. The standard InChI is InChI=1S/C22H16N2O5S3/c25-21(19-3-1-13-30-19)23-16-9-11-18(12-10-16)29-22(26)15-5-7-17(8-6-15)24-32(27,28)20-4-2-14-31-20/h1-14,24H,(H,23,25). The van der Waals surface area contributed by atoms with Gasteiger partial charge in [-0.15, -0.1) is 22.7 Å². The number of anilines is 2. The van der Waals surface area contributed by atoms with Gasteiger partial charge in [0.05, 0.1) is 10.4 Å². The summed E-state index contributed by atoms with van der Waals surface area (Å²) in [6, 6.07) is 19.1. The maximum Gasteiger partial charge on any atom is 0.343 e. The minimum Gasteiger partial charge on any atom is -0.423 e. The number of rotatable bonds is 7. The van der Waals surface area contributed by atoms with Crippen LogP contribution >= 0.6 is 22.7 Å². The lowest BCUT2D eigenvalue weighted by Crippen LogP contribution is -2.12. The van der Waals surface area contributed by atoms with Gasteiger partial charge < -0.3 is 10.1 Å². The van der Waals surface area contributed by atoms with E-state index in [0.29, 0.717) is 22.0 Å². The first kappa shape index (κ1) is 21.8. The van der Waals surface area contributed by atoms with Gasteiger partial charge in [-0.3, -0.25) is 9.52 Å². The minimum atomic E-state index is -3.66. The van der Waals surface area contributed by atoms with Crippen molar-refractivity contribution < 1.29 is 22.7 Å². The number of esters is 1. The summed E-state index contributed by atoms with van der Waals surface area (Å²) in [5.74, 6) is -0.487. The van der Waals surface area contributed by atoms with Crippen molar-refractivity contribution >= 4 is 55.9 Å². The molecule has 2 aromatic heterocycles. The van der Waals surface area contributed by atoms with Crippen LogP contribution in [0.2, 0.25) is 0 Å². The van der Waals surface area contributed by atoms with Crippen LogP contribution in [0.25, 0.3) is 0 Å². The van der Waals surface area contributed by atoms with Crippen molar-refractivity contribution in [3.05, 3.63) is 94.0 Å². The number of thiophene rings is 2. The Balaban J connectivity index is 1.36. The molecule has 0 unspecified atom stereocenters.